The Balaban J connectivity index is 2.22. The Kier molecular flexibility index (Phi) is 5.82. The minimum atomic E-state index is -3.60. The highest BCUT2D eigenvalue weighted by molar-refractivity contribution is 7.90. The minimum absolute atomic E-state index is 0.0340. The van der Waals surface area contributed by atoms with E-state index in [4.69, 9.17) is 5.11 Å². The highest BCUT2D eigenvalue weighted by atomic mass is 32.2. The number of sulfone groups is 1. The van der Waals surface area contributed by atoms with Crippen molar-refractivity contribution in [2.24, 2.45) is 0 Å². The zero-order valence-electron chi connectivity index (χ0n) is 14.8. The van der Waals surface area contributed by atoms with Crippen molar-refractivity contribution in [2.75, 3.05) is 11.6 Å². The Bertz CT molecular complexity index is 950. The molecule has 7 heteroatoms. The van der Waals surface area contributed by atoms with Crippen LogP contribution in [0.25, 0.3) is 0 Å². The van der Waals surface area contributed by atoms with Crippen molar-refractivity contribution in [3.05, 3.63) is 59.2 Å². The second kappa shape index (κ2) is 7.70. The lowest BCUT2D eigenvalue weighted by molar-refractivity contribution is -0.116. The van der Waals surface area contributed by atoms with Gasteiger partial charge in [-0.3, -0.25) is 4.79 Å². The van der Waals surface area contributed by atoms with E-state index < -0.39 is 15.8 Å². The Morgan fingerprint density at radius 3 is 2.38 bits per heavy atom. The lowest BCUT2D eigenvalue weighted by Crippen LogP contribution is -2.16. The second-order valence-electron chi connectivity index (χ2n) is 6.33. The fourth-order valence-electron chi connectivity index (χ4n) is 2.75. The number of carboxylic acids is 1. The maximum absolute atomic E-state index is 12.3. The lowest BCUT2D eigenvalue weighted by atomic mass is 9.93. The van der Waals surface area contributed by atoms with Crippen molar-refractivity contribution in [1.82, 2.24) is 0 Å². The van der Waals surface area contributed by atoms with Gasteiger partial charge in [-0.2, -0.15) is 0 Å². The molecule has 0 saturated heterocycles. The van der Waals surface area contributed by atoms with E-state index in [0.29, 0.717) is 0 Å². The van der Waals surface area contributed by atoms with Crippen LogP contribution in [0.5, 0.6) is 0 Å². The van der Waals surface area contributed by atoms with Crippen LogP contribution in [-0.4, -0.2) is 31.7 Å². The van der Waals surface area contributed by atoms with Crippen molar-refractivity contribution in [2.45, 2.75) is 31.1 Å². The van der Waals surface area contributed by atoms with Gasteiger partial charge in [0.05, 0.1) is 10.5 Å². The van der Waals surface area contributed by atoms with Crippen molar-refractivity contribution in [3.8, 4) is 0 Å². The summed E-state index contributed by atoms with van der Waals surface area (Å²) in [5.74, 6) is -1.62. The van der Waals surface area contributed by atoms with E-state index in [1.54, 1.807) is 0 Å². The molecule has 0 aliphatic carbocycles. The van der Waals surface area contributed by atoms with Gasteiger partial charge in [0.25, 0.3) is 0 Å². The number of rotatable bonds is 6. The minimum Gasteiger partial charge on any atom is -0.478 e. The van der Waals surface area contributed by atoms with Crippen LogP contribution in [0.4, 0.5) is 5.69 Å². The number of carbonyl (C=O) groups is 2. The first-order valence-electron chi connectivity index (χ1n) is 8.01. The first-order valence-corrected chi connectivity index (χ1v) is 9.91. The number of hydrogen-bond donors (Lipinski definition) is 2. The molecule has 1 atom stereocenters. The average molecular weight is 375 g/mol. The van der Waals surface area contributed by atoms with Gasteiger partial charge in [0, 0.05) is 18.4 Å². The van der Waals surface area contributed by atoms with Crippen LogP contribution in [0.2, 0.25) is 0 Å². The van der Waals surface area contributed by atoms with Gasteiger partial charge in [-0.1, -0.05) is 31.2 Å². The summed E-state index contributed by atoms with van der Waals surface area (Å²) in [4.78, 5) is 23.4. The SMILES string of the molecule is Cc1ccccc1C(C)CC(=O)Nc1cc(C(=O)O)cc(S(C)(=O)=O)c1. The molecule has 0 bridgehead atoms. The summed E-state index contributed by atoms with van der Waals surface area (Å²) in [6.07, 6.45) is 1.18. The molecule has 138 valence electrons. The molecular formula is C19H21NO5S. The van der Waals surface area contributed by atoms with Gasteiger partial charge in [-0.05, 0) is 42.2 Å². The van der Waals surface area contributed by atoms with E-state index in [2.05, 4.69) is 5.32 Å². The van der Waals surface area contributed by atoms with E-state index in [1.165, 1.54) is 12.1 Å². The fraction of sp³-hybridized carbons (Fsp3) is 0.263. The molecule has 0 radical (unpaired) electrons. The third-order valence-corrected chi connectivity index (χ3v) is 5.17. The van der Waals surface area contributed by atoms with Crippen LogP contribution in [-0.2, 0) is 14.6 Å². The molecule has 0 saturated carbocycles. The molecule has 2 N–H and O–H groups in total. The molecule has 2 rings (SSSR count). The number of hydrogen-bond acceptors (Lipinski definition) is 4. The zero-order valence-corrected chi connectivity index (χ0v) is 15.6. The Morgan fingerprint density at radius 2 is 1.81 bits per heavy atom. The maximum Gasteiger partial charge on any atom is 0.335 e. The molecule has 2 aromatic carbocycles. The molecule has 0 fully saturated rings. The summed E-state index contributed by atoms with van der Waals surface area (Å²) in [5.41, 5.74) is 2.08. The van der Waals surface area contributed by atoms with Crippen LogP contribution >= 0.6 is 0 Å². The van der Waals surface area contributed by atoms with Gasteiger partial charge in [-0.25, -0.2) is 13.2 Å². The zero-order chi connectivity index (χ0) is 19.5. The first-order chi connectivity index (χ1) is 12.1. The Labute approximate surface area is 152 Å². The van der Waals surface area contributed by atoms with Crippen LogP contribution in [0.1, 0.15) is 40.7 Å². The van der Waals surface area contributed by atoms with Crippen molar-refractivity contribution < 1.29 is 23.1 Å². The standard InChI is InChI=1S/C19H21NO5S/c1-12-6-4-5-7-17(12)13(2)8-18(21)20-15-9-14(19(22)23)10-16(11-15)26(3,24)25/h4-7,9-11,13H,8H2,1-3H3,(H,20,21)(H,22,23). The number of carbonyl (C=O) groups excluding carboxylic acids is 1. The molecule has 0 aliphatic rings. The Morgan fingerprint density at radius 1 is 1.15 bits per heavy atom. The molecule has 26 heavy (non-hydrogen) atoms. The highest BCUT2D eigenvalue weighted by Crippen LogP contribution is 2.24. The van der Waals surface area contributed by atoms with Crippen LogP contribution in [0.3, 0.4) is 0 Å². The molecule has 6 nitrogen and oxygen atoms in total. The summed E-state index contributed by atoms with van der Waals surface area (Å²) in [7, 11) is -3.60. The smallest absolute Gasteiger partial charge is 0.335 e. The van der Waals surface area contributed by atoms with Gasteiger partial charge >= 0.3 is 5.97 Å². The summed E-state index contributed by atoms with van der Waals surface area (Å²) in [6.45, 7) is 3.90. The highest BCUT2D eigenvalue weighted by Gasteiger charge is 2.17. The summed E-state index contributed by atoms with van der Waals surface area (Å²) in [5, 5.41) is 11.8. The predicted octanol–water partition coefficient (Wildman–Crippen LogP) is 3.23. The third-order valence-electron chi connectivity index (χ3n) is 4.08. The van der Waals surface area contributed by atoms with E-state index in [1.807, 2.05) is 38.1 Å². The van der Waals surface area contributed by atoms with Gasteiger partial charge in [0.15, 0.2) is 9.84 Å². The van der Waals surface area contributed by atoms with E-state index >= 15 is 0 Å². The normalized spacial score (nSPS) is 12.4. The molecule has 0 aliphatic heterocycles. The molecular weight excluding hydrogens is 354 g/mol. The lowest BCUT2D eigenvalue weighted by Gasteiger charge is -2.15. The molecule has 0 aromatic heterocycles. The fourth-order valence-corrected chi connectivity index (χ4v) is 3.43. The summed E-state index contributed by atoms with van der Waals surface area (Å²) < 4.78 is 23.5. The monoisotopic (exact) mass is 375 g/mol. The van der Waals surface area contributed by atoms with Gasteiger partial charge in [-0.15, -0.1) is 0 Å². The van der Waals surface area contributed by atoms with E-state index in [0.717, 1.165) is 23.4 Å². The van der Waals surface area contributed by atoms with Crippen LogP contribution in [0.15, 0.2) is 47.4 Å². The number of amides is 1. The maximum atomic E-state index is 12.3. The number of anilines is 1. The van der Waals surface area contributed by atoms with E-state index in [-0.39, 0.29) is 34.4 Å². The number of aryl methyl sites for hydroxylation is 1. The van der Waals surface area contributed by atoms with Crippen molar-refractivity contribution in [3.63, 3.8) is 0 Å². The number of aromatic carboxylic acids is 1. The largest absolute Gasteiger partial charge is 0.478 e. The quantitative estimate of drug-likeness (QED) is 0.807. The third kappa shape index (κ3) is 4.92. The van der Waals surface area contributed by atoms with E-state index in [9.17, 15) is 18.0 Å². The predicted molar refractivity (Wildman–Crippen MR) is 99.4 cm³/mol. The molecule has 1 unspecified atom stereocenters. The number of benzene rings is 2. The summed E-state index contributed by atoms with van der Waals surface area (Å²) >= 11 is 0. The number of nitrogens with one attached hydrogen (secondary N) is 1. The van der Waals surface area contributed by atoms with Crippen molar-refractivity contribution >= 4 is 27.4 Å². The first kappa shape index (κ1) is 19.7. The van der Waals surface area contributed by atoms with Crippen LogP contribution < -0.4 is 5.32 Å². The average Bonchev–Trinajstić information content (AvgIpc) is 2.53. The van der Waals surface area contributed by atoms with Gasteiger partial charge in [0.2, 0.25) is 5.91 Å². The molecule has 1 amide bonds. The van der Waals surface area contributed by atoms with Gasteiger partial charge < -0.3 is 10.4 Å². The van der Waals surface area contributed by atoms with Gasteiger partial charge in [0.1, 0.15) is 0 Å². The molecule has 0 heterocycles. The second-order valence-corrected chi connectivity index (χ2v) is 8.35. The molecule has 0 spiro atoms. The topological polar surface area (TPSA) is 101 Å². The Hall–Kier alpha value is -2.67. The van der Waals surface area contributed by atoms with Crippen molar-refractivity contribution in [1.29, 1.82) is 0 Å². The number of carboxylic acid groups (broad SMARTS) is 1. The molecule has 2 aromatic rings. The summed E-state index contributed by atoms with van der Waals surface area (Å²) in [6, 6.07) is 11.3. The van der Waals surface area contributed by atoms with Crippen LogP contribution in [0, 0.1) is 6.92 Å².